The molecule has 0 bridgehead atoms. The second-order valence-electron chi connectivity index (χ2n) is 5.96. The maximum atomic E-state index is 4.52. The quantitative estimate of drug-likeness (QED) is 0.918. The van der Waals surface area contributed by atoms with Crippen LogP contribution < -0.4 is 5.32 Å². The van der Waals surface area contributed by atoms with E-state index in [-0.39, 0.29) is 0 Å². The van der Waals surface area contributed by atoms with E-state index in [1.807, 2.05) is 16.8 Å². The average molecular weight is 258 g/mol. The maximum absolute atomic E-state index is 4.52. The highest BCUT2D eigenvalue weighted by atomic mass is 15.3. The van der Waals surface area contributed by atoms with Crippen molar-refractivity contribution in [3.05, 3.63) is 23.9 Å². The van der Waals surface area contributed by atoms with Crippen LogP contribution in [0.4, 0.5) is 5.95 Å². The van der Waals surface area contributed by atoms with Crippen LogP contribution in [0.3, 0.4) is 0 Å². The lowest BCUT2D eigenvalue weighted by atomic mass is 9.82. The molecule has 2 unspecified atom stereocenters. The Morgan fingerprint density at radius 1 is 1.42 bits per heavy atom. The van der Waals surface area contributed by atoms with Crippen LogP contribution in [-0.2, 0) is 0 Å². The molecule has 0 aromatic carbocycles. The van der Waals surface area contributed by atoms with Crippen molar-refractivity contribution in [3.63, 3.8) is 0 Å². The van der Waals surface area contributed by atoms with Gasteiger partial charge >= 0.3 is 0 Å². The van der Waals surface area contributed by atoms with Crippen LogP contribution in [0.2, 0.25) is 0 Å². The zero-order valence-electron chi connectivity index (χ0n) is 11.8. The van der Waals surface area contributed by atoms with Gasteiger partial charge in [-0.05, 0) is 49.3 Å². The third-order valence-electron chi connectivity index (χ3n) is 4.09. The van der Waals surface area contributed by atoms with Crippen molar-refractivity contribution in [2.24, 2.45) is 11.8 Å². The lowest BCUT2D eigenvalue weighted by molar-refractivity contribution is 0.293. The molecule has 4 heteroatoms. The molecule has 2 aromatic heterocycles. The highest BCUT2D eigenvalue weighted by molar-refractivity contribution is 5.45. The zero-order chi connectivity index (χ0) is 13.2. The fourth-order valence-corrected chi connectivity index (χ4v) is 3.04. The molecule has 1 saturated carbocycles. The van der Waals surface area contributed by atoms with Gasteiger partial charge in [0.2, 0.25) is 5.95 Å². The van der Waals surface area contributed by atoms with E-state index in [0.717, 1.165) is 30.0 Å². The lowest BCUT2D eigenvalue weighted by Crippen LogP contribution is -2.21. The molecule has 1 N–H and O–H groups in total. The number of pyridine rings is 1. The average Bonchev–Trinajstić information content (AvgIpc) is 2.78. The van der Waals surface area contributed by atoms with Crippen LogP contribution in [0.15, 0.2) is 18.3 Å². The minimum Gasteiger partial charge on any atom is -0.353 e. The summed E-state index contributed by atoms with van der Waals surface area (Å²) < 4.78 is 1.83. The van der Waals surface area contributed by atoms with E-state index >= 15 is 0 Å². The van der Waals surface area contributed by atoms with Crippen LogP contribution in [-0.4, -0.2) is 21.1 Å². The number of fused-ring (bicyclic) bond motifs is 1. The number of hydrogen-bond donors (Lipinski definition) is 1. The van der Waals surface area contributed by atoms with Gasteiger partial charge < -0.3 is 5.32 Å². The Morgan fingerprint density at radius 2 is 2.32 bits per heavy atom. The number of anilines is 1. The first-order valence-corrected chi connectivity index (χ1v) is 7.27. The van der Waals surface area contributed by atoms with Gasteiger partial charge in [-0.2, -0.15) is 4.98 Å². The molecular formula is C15H22N4. The van der Waals surface area contributed by atoms with Gasteiger partial charge in [0.1, 0.15) is 0 Å². The van der Waals surface area contributed by atoms with E-state index in [9.17, 15) is 0 Å². The van der Waals surface area contributed by atoms with Crippen molar-refractivity contribution < 1.29 is 0 Å². The number of nitrogens with one attached hydrogen (secondary N) is 1. The summed E-state index contributed by atoms with van der Waals surface area (Å²) >= 11 is 0. The number of aryl methyl sites for hydroxylation is 1. The second kappa shape index (κ2) is 5.19. The Morgan fingerprint density at radius 3 is 3.16 bits per heavy atom. The molecule has 19 heavy (non-hydrogen) atoms. The molecule has 2 aromatic rings. The largest absolute Gasteiger partial charge is 0.353 e. The van der Waals surface area contributed by atoms with Crippen molar-refractivity contribution in [3.8, 4) is 0 Å². The van der Waals surface area contributed by atoms with Gasteiger partial charge in [0.25, 0.3) is 0 Å². The Labute approximate surface area is 114 Å². The first-order valence-electron chi connectivity index (χ1n) is 7.27. The number of hydrogen-bond acceptors (Lipinski definition) is 3. The van der Waals surface area contributed by atoms with Crippen molar-refractivity contribution in [1.29, 1.82) is 0 Å². The van der Waals surface area contributed by atoms with Gasteiger partial charge in [-0.15, -0.1) is 5.10 Å². The van der Waals surface area contributed by atoms with E-state index in [1.54, 1.807) is 0 Å². The highest BCUT2D eigenvalue weighted by Gasteiger charge is 2.18. The summed E-state index contributed by atoms with van der Waals surface area (Å²) in [5.74, 6) is 2.40. The van der Waals surface area contributed by atoms with Crippen molar-refractivity contribution in [2.75, 3.05) is 11.9 Å². The summed E-state index contributed by atoms with van der Waals surface area (Å²) in [5, 5.41) is 7.85. The lowest BCUT2D eigenvalue weighted by Gasteiger charge is -2.26. The van der Waals surface area contributed by atoms with Crippen molar-refractivity contribution in [1.82, 2.24) is 14.6 Å². The fraction of sp³-hybridized carbons (Fsp3) is 0.600. The van der Waals surface area contributed by atoms with Gasteiger partial charge in [0.15, 0.2) is 5.65 Å². The van der Waals surface area contributed by atoms with E-state index < -0.39 is 0 Å². The molecule has 1 aliphatic rings. The van der Waals surface area contributed by atoms with Crippen LogP contribution in [0.5, 0.6) is 0 Å². The third-order valence-corrected chi connectivity index (χ3v) is 4.09. The number of nitrogens with zero attached hydrogens (tertiary/aromatic N) is 3. The molecule has 102 valence electrons. The Balaban J connectivity index is 1.65. The molecule has 0 saturated heterocycles. The van der Waals surface area contributed by atoms with Crippen LogP contribution in [0.25, 0.3) is 5.65 Å². The van der Waals surface area contributed by atoms with E-state index in [4.69, 9.17) is 0 Å². The number of aromatic nitrogens is 3. The predicted octanol–water partition coefficient (Wildman–Crippen LogP) is 3.28. The van der Waals surface area contributed by atoms with Crippen molar-refractivity contribution >= 4 is 11.6 Å². The highest BCUT2D eigenvalue weighted by Crippen LogP contribution is 2.28. The second-order valence-corrected chi connectivity index (χ2v) is 5.96. The normalized spacial score (nSPS) is 23.7. The monoisotopic (exact) mass is 258 g/mol. The first-order chi connectivity index (χ1) is 9.20. The van der Waals surface area contributed by atoms with E-state index in [0.29, 0.717) is 0 Å². The van der Waals surface area contributed by atoms with E-state index in [2.05, 4.69) is 35.3 Å². The molecule has 0 aliphatic heterocycles. The summed E-state index contributed by atoms with van der Waals surface area (Å²) in [7, 11) is 0. The molecular weight excluding hydrogens is 236 g/mol. The molecule has 2 heterocycles. The van der Waals surface area contributed by atoms with Crippen LogP contribution >= 0.6 is 0 Å². The molecule has 4 nitrogen and oxygen atoms in total. The Hall–Kier alpha value is -1.58. The molecule has 0 radical (unpaired) electrons. The maximum Gasteiger partial charge on any atom is 0.243 e. The molecule has 2 atom stereocenters. The SMILES string of the molecule is Cc1ccn2nc(NCC3CCCC(C)C3)nc2c1. The fourth-order valence-electron chi connectivity index (χ4n) is 3.04. The molecule has 0 amide bonds. The summed E-state index contributed by atoms with van der Waals surface area (Å²) in [4.78, 5) is 4.52. The standard InChI is InChI=1S/C15H22N4/c1-11-4-3-5-13(8-11)10-16-15-17-14-9-12(2)6-7-19(14)18-15/h6-7,9,11,13H,3-5,8,10H2,1-2H3,(H,16,18). The summed E-state index contributed by atoms with van der Waals surface area (Å²) in [6.07, 6.45) is 7.39. The van der Waals surface area contributed by atoms with Gasteiger partial charge in [-0.3, -0.25) is 0 Å². The predicted molar refractivity (Wildman–Crippen MR) is 77.3 cm³/mol. The molecule has 3 rings (SSSR count). The zero-order valence-corrected chi connectivity index (χ0v) is 11.8. The smallest absolute Gasteiger partial charge is 0.243 e. The summed E-state index contributed by atoms with van der Waals surface area (Å²) in [5.41, 5.74) is 2.13. The van der Waals surface area contributed by atoms with Crippen molar-refractivity contribution in [2.45, 2.75) is 39.5 Å². The summed E-state index contributed by atoms with van der Waals surface area (Å²) in [6.45, 7) is 5.43. The van der Waals surface area contributed by atoms with Gasteiger partial charge in [0, 0.05) is 12.7 Å². The van der Waals surface area contributed by atoms with Gasteiger partial charge in [-0.25, -0.2) is 4.52 Å². The minimum absolute atomic E-state index is 0.754. The minimum atomic E-state index is 0.754. The topological polar surface area (TPSA) is 42.2 Å². The molecule has 1 aliphatic carbocycles. The summed E-state index contributed by atoms with van der Waals surface area (Å²) in [6, 6.07) is 4.11. The van der Waals surface area contributed by atoms with Crippen LogP contribution in [0, 0.1) is 18.8 Å². The van der Waals surface area contributed by atoms with Gasteiger partial charge in [0.05, 0.1) is 0 Å². The Bertz CT molecular complexity index is 560. The van der Waals surface area contributed by atoms with Crippen LogP contribution in [0.1, 0.15) is 38.2 Å². The number of rotatable bonds is 3. The molecule has 0 spiro atoms. The Kier molecular flexibility index (Phi) is 3.40. The third kappa shape index (κ3) is 2.88. The molecule has 1 fully saturated rings. The van der Waals surface area contributed by atoms with Gasteiger partial charge in [-0.1, -0.05) is 19.8 Å². The first kappa shape index (κ1) is 12.5. The van der Waals surface area contributed by atoms with E-state index in [1.165, 1.54) is 31.2 Å².